The quantitative estimate of drug-likeness (QED) is 0.626. The molecule has 0 amide bonds. The molecule has 0 aliphatic rings. The number of benzene rings is 1. The van der Waals surface area contributed by atoms with Crippen LogP contribution in [0.25, 0.3) is 0 Å². The minimum atomic E-state index is -3.08. The predicted molar refractivity (Wildman–Crippen MR) is 54.1 cm³/mol. The Bertz CT molecular complexity index is 391. The Morgan fingerprint density at radius 2 is 2.00 bits per heavy atom. The minimum Gasteiger partial charge on any atom is -0.294 e. The second-order valence-corrected chi connectivity index (χ2v) is 3.79. The number of alkyl halides is 2. The molecule has 5 heteroatoms. The number of rotatable bonds is 4. The lowest BCUT2D eigenvalue weighted by molar-refractivity contribution is -0.128. The molecule has 0 aliphatic heterocycles. The third-order valence-electron chi connectivity index (χ3n) is 1.72. The van der Waals surface area contributed by atoms with Crippen molar-refractivity contribution < 1.29 is 18.4 Å². The number of halogens is 3. The van der Waals surface area contributed by atoms with Crippen molar-refractivity contribution in [2.45, 2.75) is 12.8 Å². The zero-order valence-corrected chi connectivity index (χ0v) is 9.13. The van der Waals surface area contributed by atoms with Crippen LogP contribution < -0.4 is 0 Å². The average Bonchev–Trinajstić information content (AvgIpc) is 2.17. The molecular weight excluding hydrogens is 270 g/mol. The van der Waals surface area contributed by atoms with E-state index < -0.39 is 24.4 Å². The number of hydrogen-bond acceptors (Lipinski definition) is 2. The fraction of sp³-hybridized carbons (Fsp3) is 0.200. The van der Waals surface area contributed by atoms with Crippen LogP contribution in [-0.4, -0.2) is 18.0 Å². The van der Waals surface area contributed by atoms with Gasteiger partial charge in [-0.2, -0.15) is 0 Å². The summed E-state index contributed by atoms with van der Waals surface area (Å²) in [5.74, 6) is -1.94. The Labute approximate surface area is 93.4 Å². The lowest BCUT2D eigenvalue weighted by atomic mass is 10.1. The van der Waals surface area contributed by atoms with Gasteiger partial charge in [-0.3, -0.25) is 9.59 Å². The van der Waals surface area contributed by atoms with Crippen molar-refractivity contribution in [3.05, 3.63) is 34.3 Å². The number of carbonyl (C=O) groups is 2. The molecule has 0 heterocycles. The van der Waals surface area contributed by atoms with Gasteiger partial charge < -0.3 is 0 Å². The summed E-state index contributed by atoms with van der Waals surface area (Å²) in [6.07, 6.45) is -3.84. The molecule has 15 heavy (non-hydrogen) atoms. The first kappa shape index (κ1) is 12.0. The van der Waals surface area contributed by atoms with Gasteiger partial charge in [0.05, 0.1) is 6.42 Å². The van der Waals surface area contributed by atoms with E-state index in [4.69, 9.17) is 0 Å². The van der Waals surface area contributed by atoms with Crippen molar-refractivity contribution in [2.75, 3.05) is 0 Å². The van der Waals surface area contributed by atoms with Gasteiger partial charge >= 0.3 is 0 Å². The molecule has 0 atom stereocenters. The van der Waals surface area contributed by atoms with Crippen LogP contribution in [-0.2, 0) is 4.79 Å². The van der Waals surface area contributed by atoms with Crippen LogP contribution in [0.4, 0.5) is 8.78 Å². The van der Waals surface area contributed by atoms with Crippen molar-refractivity contribution in [1.29, 1.82) is 0 Å². The number of ketones is 2. The Morgan fingerprint density at radius 3 is 2.53 bits per heavy atom. The molecule has 0 saturated heterocycles. The first-order valence-electron chi connectivity index (χ1n) is 4.10. The molecule has 0 saturated carbocycles. The van der Waals surface area contributed by atoms with E-state index in [9.17, 15) is 18.4 Å². The highest BCUT2D eigenvalue weighted by molar-refractivity contribution is 9.10. The smallest absolute Gasteiger partial charge is 0.294 e. The van der Waals surface area contributed by atoms with Crippen LogP contribution >= 0.6 is 15.9 Å². The number of carbonyl (C=O) groups excluding carboxylic acids is 2. The zero-order chi connectivity index (χ0) is 11.4. The third-order valence-corrected chi connectivity index (χ3v) is 2.22. The first-order valence-corrected chi connectivity index (χ1v) is 4.89. The Balaban J connectivity index is 2.74. The zero-order valence-electron chi connectivity index (χ0n) is 7.54. The second kappa shape index (κ2) is 5.11. The Kier molecular flexibility index (Phi) is 4.08. The largest absolute Gasteiger partial charge is 0.296 e. The molecule has 0 N–H and O–H groups in total. The summed E-state index contributed by atoms with van der Waals surface area (Å²) >= 11 is 3.14. The SMILES string of the molecule is O=C(CC(=O)C(F)F)c1cccc(Br)c1. The Morgan fingerprint density at radius 1 is 1.33 bits per heavy atom. The van der Waals surface area contributed by atoms with E-state index in [1.165, 1.54) is 12.1 Å². The number of hydrogen-bond donors (Lipinski definition) is 0. The van der Waals surface area contributed by atoms with E-state index in [0.717, 1.165) is 0 Å². The average molecular weight is 277 g/mol. The highest BCUT2D eigenvalue weighted by Gasteiger charge is 2.19. The summed E-state index contributed by atoms with van der Waals surface area (Å²) < 4.78 is 24.4. The molecule has 1 rings (SSSR count). The predicted octanol–water partition coefficient (Wildman–Crippen LogP) is 2.86. The third kappa shape index (κ3) is 3.51. The maximum atomic E-state index is 11.9. The van der Waals surface area contributed by atoms with Crippen LogP contribution in [0.5, 0.6) is 0 Å². The van der Waals surface area contributed by atoms with E-state index in [0.29, 0.717) is 4.47 Å². The lowest BCUT2D eigenvalue weighted by Crippen LogP contribution is -2.15. The van der Waals surface area contributed by atoms with E-state index >= 15 is 0 Å². The molecule has 0 fully saturated rings. The van der Waals surface area contributed by atoms with Crippen molar-refractivity contribution in [2.24, 2.45) is 0 Å². The van der Waals surface area contributed by atoms with Crippen molar-refractivity contribution in [1.82, 2.24) is 0 Å². The first-order chi connectivity index (χ1) is 7.00. The van der Waals surface area contributed by atoms with E-state index in [-0.39, 0.29) is 5.56 Å². The molecule has 0 bridgehead atoms. The van der Waals surface area contributed by atoms with Crippen LogP contribution in [0.1, 0.15) is 16.8 Å². The van der Waals surface area contributed by atoms with Gasteiger partial charge in [0, 0.05) is 10.0 Å². The fourth-order valence-corrected chi connectivity index (χ4v) is 1.40. The van der Waals surface area contributed by atoms with Gasteiger partial charge in [-0.25, -0.2) is 8.78 Å². The summed E-state index contributed by atoms with van der Waals surface area (Å²) in [5.41, 5.74) is 0.248. The standard InChI is InChI=1S/C10H7BrF2O2/c11-7-3-1-2-6(4-7)8(14)5-9(15)10(12)13/h1-4,10H,5H2. The van der Waals surface area contributed by atoms with E-state index in [1.807, 2.05) is 0 Å². The van der Waals surface area contributed by atoms with Crippen molar-refractivity contribution in [3.8, 4) is 0 Å². The van der Waals surface area contributed by atoms with Crippen LogP contribution in [0.2, 0.25) is 0 Å². The summed E-state index contributed by atoms with van der Waals surface area (Å²) in [4.78, 5) is 22.0. The molecule has 80 valence electrons. The maximum Gasteiger partial charge on any atom is 0.296 e. The van der Waals surface area contributed by atoms with Crippen molar-refractivity contribution >= 4 is 27.5 Å². The molecule has 0 aliphatic carbocycles. The van der Waals surface area contributed by atoms with Gasteiger partial charge in [0.1, 0.15) is 0 Å². The van der Waals surface area contributed by atoms with Crippen molar-refractivity contribution in [3.63, 3.8) is 0 Å². The lowest BCUT2D eigenvalue weighted by Gasteiger charge is -2.00. The van der Waals surface area contributed by atoms with Gasteiger partial charge in [0.15, 0.2) is 5.78 Å². The monoisotopic (exact) mass is 276 g/mol. The van der Waals surface area contributed by atoms with E-state index in [1.54, 1.807) is 12.1 Å². The summed E-state index contributed by atoms with van der Waals surface area (Å²) in [5, 5.41) is 0. The summed E-state index contributed by atoms with van der Waals surface area (Å²) in [6, 6.07) is 6.27. The fourth-order valence-electron chi connectivity index (χ4n) is 0.999. The molecule has 0 unspecified atom stereocenters. The maximum absolute atomic E-state index is 11.9. The topological polar surface area (TPSA) is 34.1 Å². The highest BCUT2D eigenvalue weighted by atomic mass is 79.9. The van der Waals surface area contributed by atoms with Gasteiger partial charge in [-0.1, -0.05) is 28.1 Å². The minimum absolute atomic E-state index is 0.248. The highest BCUT2D eigenvalue weighted by Crippen LogP contribution is 2.14. The van der Waals surface area contributed by atoms with Gasteiger partial charge in [-0.15, -0.1) is 0 Å². The molecular formula is C10H7BrF2O2. The Hall–Kier alpha value is -1.10. The van der Waals surface area contributed by atoms with Crippen LogP contribution in [0, 0.1) is 0 Å². The normalized spacial score (nSPS) is 10.4. The molecule has 0 aromatic heterocycles. The molecule has 1 aromatic carbocycles. The number of Topliss-reactive ketones (excluding diaryl/α,β-unsaturated/α-hetero) is 2. The molecule has 1 aromatic rings. The summed E-state index contributed by atoms with van der Waals surface area (Å²) in [6.45, 7) is 0. The van der Waals surface area contributed by atoms with E-state index in [2.05, 4.69) is 15.9 Å². The van der Waals surface area contributed by atoms with Gasteiger partial charge in [-0.05, 0) is 12.1 Å². The van der Waals surface area contributed by atoms with Crippen LogP contribution in [0.15, 0.2) is 28.7 Å². The van der Waals surface area contributed by atoms with Gasteiger partial charge in [0.25, 0.3) is 6.43 Å². The van der Waals surface area contributed by atoms with Crippen LogP contribution in [0.3, 0.4) is 0 Å². The molecule has 2 nitrogen and oxygen atoms in total. The summed E-state index contributed by atoms with van der Waals surface area (Å²) in [7, 11) is 0. The van der Waals surface area contributed by atoms with Gasteiger partial charge in [0.2, 0.25) is 5.78 Å². The molecule has 0 radical (unpaired) electrons. The second-order valence-electron chi connectivity index (χ2n) is 2.88. The molecule has 0 spiro atoms.